The fourth-order valence-corrected chi connectivity index (χ4v) is 2.06. The van der Waals surface area contributed by atoms with E-state index in [9.17, 15) is 4.79 Å². The van der Waals surface area contributed by atoms with Crippen LogP contribution in [0.1, 0.15) is 35.0 Å². The van der Waals surface area contributed by atoms with Crippen LogP contribution in [-0.2, 0) is 12.8 Å². The molecule has 0 fully saturated rings. The molecular weight excluding hydrogens is 216 g/mol. The molecule has 17 heavy (non-hydrogen) atoms. The second kappa shape index (κ2) is 4.71. The third-order valence-electron chi connectivity index (χ3n) is 3.05. The highest BCUT2D eigenvalue weighted by atomic mass is 16.1. The lowest BCUT2D eigenvalue weighted by molar-refractivity contribution is 0.100. The van der Waals surface area contributed by atoms with E-state index in [-0.39, 0.29) is 6.04 Å². The average molecular weight is 234 g/mol. The van der Waals surface area contributed by atoms with Crippen molar-refractivity contribution in [1.29, 1.82) is 0 Å². The Hall–Kier alpha value is -1.62. The fourth-order valence-electron chi connectivity index (χ4n) is 2.06. The Labute approximate surface area is 101 Å². The van der Waals surface area contributed by atoms with Crippen LogP contribution in [0.3, 0.4) is 0 Å². The number of nitrogens with two attached hydrogens (primary N) is 2. The third-order valence-corrected chi connectivity index (χ3v) is 3.05. The van der Waals surface area contributed by atoms with Crippen LogP contribution in [0.5, 0.6) is 0 Å². The van der Waals surface area contributed by atoms with E-state index >= 15 is 0 Å². The van der Waals surface area contributed by atoms with E-state index < -0.39 is 5.91 Å². The fraction of sp³-hybridized carbons (Fsp3) is 0.500. The second-order valence-corrected chi connectivity index (χ2v) is 4.49. The molecule has 0 spiro atoms. The van der Waals surface area contributed by atoms with Crippen LogP contribution in [0, 0.1) is 0 Å². The van der Waals surface area contributed by atoms with Gasteiger partial charge in [-0.05, 0) is 37.8 Å². The van der Waals surface area contributed by atoms with Gasteiger partial charge in [0.2, 0.25) is 0 Å². The van der Waals surface area contributed by atoms with Gasteiger partial charge in [0.15, 0.2) is 0 Å². The number of pyridine rings is 1. The van der Waals surface area contributed by atoms with Crippen molar-refractivity contribution >= 4 is 11.7 Å². The molecule has 1 aromatic rings. The van der Waals surface area contributed by atoms with Crippen LogP contribution in [0.4, 0.5) is 5.82 Å². The van der Waals surface area contributed by atoms with Crippen molar-refractivity contribution in [1.82, 2.24) is 4.98 Å². The normalized spacial score (nSPS) is 15.4. The molecule has 92 valence electrons. The molecule has 1 aliphatic carbocycles. The molecule has 1 aliphatic rings. The number of rotatable bonds is 4. The SMILES string of the molecule is CC(CN)Nc1nc2c(cc1C(N)=O)CCC2. The molecule has 1 aromatic heterocycles. The molecule has 5 N–H and O–H groups in total. The molecule has 0 radical (unpaired) electrons. The van der Waals surface area contributed by atoms with Gasteiger partial charge in [-0.15, -0.1) is 0 Å². The molecule has 1 amide bonds. The van der Waals surface area contributed by atoms with Gasteiger partial charge < -0.3 is 16.8 Å². The van der Waals surface area contributed by atoms with Crippen molar-refractivity contribution in [3.63, 3.8) is 0 Å². The summed E-state index contributed by atoms with van der Waals surface area (Å²) in [5.41, 5.74) is 13.6. The van der Waals surface area contributed by atoms with Crippen LogP contribution >= 0.6 is 0 Å². The summed E-state index contributed by atoms with van der Waals surface area (Å²) >= 11 is 0. The summed E-state index contributed by atoms with van der Waals surface area (Å²) in [7, 11) is 0. The Balaban J connectivity index is 2.38. The number of hydrogen-bond acceptors (Lipinski definition) is 4. The first-order valence-corrected chi connectivity index (χ1v) is 5.91. The largest absolute Gasteiger partial charge is 0.366 e. The summed E-state index contributed by atoms with van der Waals surface area (Å²) in [6, 6.07) is 1.93. The number of nitrogens with one attached hydrogen (secondary N) is 1. The van der Waals surface area contributed by atoms with Crippen molar-refractivity contribution in [2.75, 3.05) is 11.9 Å². The summed E-state index contributed by atoms with van der Waals surface area (Å²) in [6.45, 7) is 2.43. The number of hydrogen-bond donors (Lipinski definition) is 3. The van der Waals surface area contributed by atoms with Crippen LogP contribution in [0.2, 0.25) is 0 Å². The van der Waals surface area contributed by atoms with Gasteiger partial charge >= 0.3 is 0 Å². The van der Waals surface area contributed by atoms with Gasteiger partial charge in [-0.1, -0.05) is 0 Å². The number of carbonyl (C=O) groups is 1. The predicted octanol–water partition coefficient (Wildman–Crippen LogP) is 0.428. The minimum Gasteiger partial charge on any atom is -0.366 e. The van der Waals surface area contributed by atoms with Crippen molar-refractivity contribution in [2.45, 2.75) is 32.2 Å². The zero-order chi connectivity index (χ0) is 12.4. The number of carbonyl (C=O) groups excluding carboxylic acids is 1. The van der Waals surface area contributed by atoms with Gasteiger partial charge in [-0.25, -0.2) is 4.98 Å². The minimum absolute atomic E-state index is 0.0695. The number of amides is 1. The van der Waals surface area contributed by atoms with Crippen molar-refractivity contribution in [2.24, 2.45) is 11.5 Å². The summed E-state index contributed by atoms with van der Waals surface area (Å²) < 4.78 is 0. The van der Waals surface area contributed by atoms with E-state index in [2.05, 4.69) is 10.3 Å². The molecule has 5 heteroatoms. The third kappa shape index (κ3) is 2.39. The van der Waals surface area contributed by atoms with Crippen molar-refractivity contribution < 1.29 is 4.79 Å². The number of aryl methyl sites for hydroxylation is 2. The Morgan fingerprint density at radius 2 is 2.35 bits per heavy atom. The monoisotopic (exact) mass is 234 g/mol. The quantitative estimate of drug-likeness (QED) is 0.704. The minimum atomic E-state index is -0.445. The molecule has 0 saturated heterocycles. The highest BCUT2D eigenvalue weighted by Crippen LogP contribution is 2.25. The molecule has 0 aliphatic heterocycles. The van der Waals surface area contributed by atoms with Crippen molar-refractivity contribution in [3.8, 4) is 0 Å². The number of nitrogens with zero attached hydrogens (tertiary/aromatic N) is 1. The zero-order valence-electron chi connectivity index (χ0n) is 9.99. The first kappa shape index (κ1) is 11.9. The highest BCUT2D eigenvalue weighted by molar-refractivity contribution is 5.97. The first-order chi connectivity index (χ1) is 8.11. The molecular formula is C12H18N4O. The first-order valence-electron chi connectivity index (χ1n) is 5.91. The number of anilines is 1. The van der Waals surface area contributed by atoms with Gasteiger partial charge in [0.05, 0.1) is 5.56 Å². The van der Waals surface area contributed by atoms with E-state index in [4.69, 9.17) is 11.5 Å². The molecule has 0 bridgehead atoms. The summed E-state index contributed by atoms with van der Waals surface area (Å²) in [5.74, 6) is 0.120. The van der Waals surface area contributed by atoms with Gasteiger partial charge in [0, 0.05) is 18.3 Å². The maximum atomic E-state index is 11.4. The summed E-state index contributed by atoms with van der Waals surface area (Å²) in [4.78, 5) is 15.9. The van der Waals surface area contributed by atoms with E-state index in [1.807, 2.05) is 13.0 Å². The number of primary amides is 1. The number of fused-ring (bicyclic) bond motifs is 1. The molecule has 1 atom stereocenters. The van der Waals surface area contributed by atoms with Crippen LogP contribution < -0.4 is 16.8 Å². The van der Waals surface area contributed by atoms with E-state index in [1.54, 1.807) is 0 Å². The highest BCUT2D eigenvalue weighted by Gasteiger charge is 2.19. The molecule has 0 aromatic carbocycles. The van der Waals surface area contributed by atoms with Gasteiger partial charge in [0.1, 0.15) is 5.82 Å². The lowest BCUT2D eigenvalue weighted by Crippen LogP contribution is -2.28. The molecule has 1 unspecified atom stereocenters. The van der Waals surface area contributed by atoms with Crippen LogP contribution in [-0.4, -0.2) is 23.5 Å². The zero-order valence-corrected chi connectivity index (χ0v) is 9.99. The topological polar surface area (TPSA) is 94.0 Å². The Kier molecular flexibility index (Phi) is 3.28. The second-order valence-electron chi connectivity index (χ2n) is 4.49. The Morgan fingerprint density at radius 3 is 3.00 bits per heavy atom. The molecule has 1 heterocycles. The van der Waals surface area contributed by atoms with Gasteiger partial charge in [-0.3, -0.25) is 4.79 Å². The molecule has 2 rings (SSSR count). The molecule has 0 saturated carbocycles. The summed E-state index contributed by atoms with van der Waals surface area (Å²) in [5, 5.41) is 3.13. The lowest BCUT2D eigenvalue weighted by atomic mass is 10.1. The molecule has 5 nitrogen and oxygen atoms in total. The van der Waals surface area contributed by atoms with Gasteiger partial charge in [0.25, 0.3) is 5.91 Å². The van der Waals surface area contributed by atoms with E-state index in [0.29, 0.717) is 17.9 Å². The van der Waals surface area contributed by atoms with Crippen molar-refractivity contribution in [3.05, 3.63) is 22.9 Å². The van der Waals surface area contributed by atoms with E-state index in [1.165, 1.54) is 0 Å². The predicted molar refractivity (Wildman–Crippen MR) is 66.9 cm³/mol. The number of aromatic nitrogens is 1. The summed E-state index contributed by atoms with van der Waals surface area (Å²) in [6.07, 6.45) is 3.05. The maximum absolute atomic E-state index is 11.4. The lowest BCUT2D eigenvalue weighted by Gasteiger charge is -2.15. The average Bonchev–Trinajstić information content (AvgIpc) is 2.74. The van der Waals surface area contributed by atoms with Gasteiger partial charge in [-0.2, -0.15) is 0 Å². The van der Waals surface area contributed by atoms with Crippen LogP contribution in [0.25, 0.3) is 0 Å². The standard InChI is InChI=1S/C12H18N4O/c1-7(6-13)15-12-9(11(14)17)5-8-3-2-4-10(8)16-12/h5,7H,2-4,6,13H2,1H3,(H2,14,17)(H,15,16). The smallest absolute Gasteiger partial charge is 0.252 e. The van der Waals surface area contributed by atoms with Crippen LogP contribution in [0.15, 0.2) is 6.07 Å². The Bertz CT molecular complexity index is 444. The maximum Gasteiger partial charge on any atom is 0.252 e. The Morgan fingerprint density at radius 1 is 1.59 bits per heavy atom. The van der Waals surface area contributed by atoms with E-state index in [0.717, 1.165) is 30.5 Å².